The van der Waals surface area contributed by atoms with E-state index in [1.807, 2.05) is 57.2 Å². The average Bonchev–Trinajstić information content (AvgIpc) is 3.69. The summed E-state index contributed by atoms with van der Waals surface area (Å²) in [6.45, 7) is 4.13. The second-order valence-corrected chi connectivity index (χ2v) is 11.9. The molecule has 0 saturated carbocycles. The third-order valence-corrected chi connectivity index (χ3v) is 9.39. The molecule has 2 aromatic carbocycles. The maximum Gasteiger partial charge on any atom is 0.390 e. The minimum Gasteiger partial charge on any atom is -0.496 e. The van der Waals surface area contributed by atoms with Gasteiger partial charge in [0.2, 0.25) is 5.91 Å². The molecule has 3 aliphatic rings. The van der Waals surface area contributed by atoms with Crippen LogP contribution in [0.4, 0.5) is 24.5 Å². The fraction of sp³-hybridized carbons (Fsp3) is 0.469. The van der Waals surface area contributed by atoms with Crippen molar-refractivity contribution in [3.63, 3.8) is 0 Å². The van der Waals surface area contributed by atoms with Crippen LogP contribution >= 0.6 is 0 Å². The zero-order valence-corrected chi connectivity index (χ0v) is 24.8. The summed E-state index contributed by atoms with van der Waals surface area (Å²) in [5.74, 6) is 0.725. The monoisotopic (exact) mass is 610 g/mol. The normalized spacial score (nSPS) is 19.2. The number of amides is 2. The number of carbonyl (C=O) groups is 2. The number of halogens is 3. The number of hydrogen-bond acceptors (Lipinski definition) is 6. The van der Waals surface area contributed by atoms with Gasteiger partial charge >= 0.3 is 6.18 Å². The molecule has 1 aromatic heterocycles. The Morgan fingerprint density at radius 3 is 2.27 bits per heavy atom. The highest BCUT2D eigenvalue weighted by atomic mass is 19.4. The van der Waals surface area contributed by atoms with Crippen molar-refractivity contribution in [1.29, 1.82) is 0 Å². The zero-order valence-electron chi connectivity index (χ0n) is 24.8. The first-order valence-electron chi connectivity index (χ1n) is 15.1. The maximum atomic E-state index is 13.7. The summed E-state index contributed by atoms with van der Waals surface area (Å²) in [6, 6.07) is 13.3. The van der Waals surface area contributed by atoms with Gasteiger partial charge in [0, 0.05) is 92.7 Å². The number of benzene rings is 2. The van der Waals surface area contributed by atoms with Gasteiger partial charge in [0.15, 0.2) is 0 Å². The molecule has 0 aliphatic carbocycles. The van der Waals surface area contributed by atoms with E-state index < -0.39 is 18.0 Å². The van der Waals surface area contributed by atoms with Crippen molar-refractivity contribution in [2.75, 3.05) is 69.3 Å². The quantitative estimate of drug-likeness (QED) is 0.413. The minimum atomic E-state index is -4.13. The number of nitrogens with zero attached hydrogens (tertiary/aromatic N) is 5. The molecule has 9 nitrogen and oxygen atoms in total. The molecule has 44 heavy (non-hydrogen) atoms. The van der Waals surface area contributed by atoms with E-state index in [-0.39, 0.29) is 18.4 Å². The minimum absolute atomic E-state index is 0.0279. The number of carbonyl (C=O) groups excluding carboxylic acids is 2. The van der Waals surface area contributed by atoms with Crippen LogP contribution in [0.1, 0.15) is 36.0 Å². The molecule has 4 heterocycles. The van der Waals surface area contributed by atoms with Gasteiger partial charge in [-0.15, -0.1) is 0 Å². The van der Waals surface area contributed by atoms with Gasteiger partial charge in [-0.2, -0.15) is 18.3 Å². The number of methoxy groups -OCH3 is 1. The van der Waals surface area contributed by atoms with Crippen LogP contribution in [0.5, 0.6) is 5.75 Å². The summed E-state index contributed by atoms with van der Waals surface area (Å²) < 4.78 is 43.3. The second kappa shape index (κ2) is 12.1. The van der Waals surface area contributed by atoms with Crippen LogP contribution in [-0.4, -0.2) is 97.5 Å². The smallest absolute Gasteiger partial charge is 0.390 e. The summed E-state index contributed by atoms with van der Waals surface area (Å²) in [7, 11) is 1.61. The Morgan fingerprint density at radius 2 is 1.64 bits per heavy atom. The van der Waals surface area contributed by atoms with E-state index in [2.05, 4.69) is 15.1 Å². The Bertz CT molecular complexity index is 1460. The van der Waals surface area contributed by atoms with Gasteiger partial charge in [-0.3, -0.25) is 19.6 Å². The van der Waals surface area contributed by atoms with Crippen LogP contribution < -0.4 is 14.5 Å². The number of alkyl halides is 3. The molecule has 0 radical (unpaired) electrons. The van der Waals surface area contributed by atoms with Crippen molar-refractivity contribution in [1.82, 2.24) is 20.0 Å². The Hall–Kier alpha value is -4.06. The lowest BCUT2D eigenvalue weighted by Gasteiger charge is -2.38. The summed E-state index contributed by atoms with van der Waals surface area (Å²) >= 11 is 0. The highest BCUT2D eigenvalue weighted by Crippen LogP contribution is 2.44. The number of hydrogen-bond donors (Lipinski definition) is 1. The summed E-state index contributed by atoms with van der Waals surface area (Å²) in [6.07, 6.45) is 0.594. The summed E-state index contributed by atoms with van der Waals surface area (Å²) in [5.41, 5.74) is 3.69. The van der Waals surface area contributed by atoms with E-state index in [0.29, 0.717) is 70.0 Å². The van der Waals surface area contributed by atoms with Crippen LogP contribution in [0.2, 0.25) is 0 Å². The first-order chi connectivity index (χ1) is 21.2. The Morgan fingerprint density at radius 1 is 0.955 bits per heavy atom. The van der Waals surface area contributed by atoms with E-state index in [1.165, 1.54) is 0 Å². The molecular weight excluding hydrogens is 573 g/mol. The van der Waals surface area contributed by atoms with Crippen molar-refractivity contribution < 1.29 is 27.5 Å². The number of piperidine rings is 1. The Kier molecular flexibility index (Phi) is 8.28. The van der Waals surface area contributed by atoms with Gasteiger partial charge in [-0.1, -0.05) is 0 Å². The summed E-state index contributed by atoms with van der Waals surface area (Å²) in [5, 5.41) is 6.83. The molecule has 1 spiro atoms. The van der Waals surface area contributed by atoms with Gasteiger partial charge in [0.1, 0.15) is 5.75 Å². The SMILES string of the molecule is COc1cc(N2CCC3(CCN(C(=O)c4ccc(N5CCN(CCC(F)(F)F)CC5)cc4)CC3)C2=O)ccc1-c1cn[nH]c1. The van der Waals surface area contributed by atoms with Crippen molar-refractivity contribution >= 4 is 23.2 Å². The van der Waals surface area contributed by atoms with Gasteiger partial charge in [-0.05, 0) is 55.7 Å². The Labute approximate surface area is 254 Å². The number of aromatic nitrogens is 2. The summed E-state index contributed by atoms with van der Waals surface area (Å²) in [4.78, 5) is 34.7. The van der Waals surface area contributed by atoms with E-state index in [9.17, 15) is 22.8 Å². The van der Waals surface area contributed by atoms with Crippen LogP contribution in [0.3, 0.4) is 0 Å². The average molecular weight is 611 g/mol. The van der Waals surface area contributed by atoms with E-state index in [4.69, 9.17) is 4.74 Å². The third-order valence-electron chi connectivity index (χ3n) is 9.39. The second-order valence-electron chi connectivity index (χ2n) is 11.9. The molecule has 0 unspecified atom stereocenters. The highest BCUT2D eigenvalue weighted by molar-refractivity contribution is 6.01. The fourth-order valence-electron chi connectivity index (χ4n) is 6.67. The van der Waals surface area contributed by atoms with Gasteiger partial charge in [-0.25, -0.2) is 0 Å². The molecular formula is C32H37F3N6O3. The first kappa shape index (κ1) is 30.0. The lowest BCUT2D eigenvalue weighted by Crippen LogP contribution is -2.47. The van der Waals surface area contributed by atoms with E-state index in [0.717, 1.165) is 28.9 Å². The van der Waals surface area contributed by atoms with Crippen LogP contribution in [0, 0.1) is 5.41 Å². The predicted molar refractivity (Wildman–Crippen MR) is 161 cm³/mol. The standard InChI is InChI=1S/C32H37F3N6O3/c1-44-28-20-26(6-7-27(28)24-21-36-37-22-24)41-15-10-31(30(41)43)8-13-40(14-9-31)29(42)23-2-4-25(5-3-23)39-18-16-38(17-19-39)12-11-32(33,34)35/h2-7,20-22H,8-19H2,1H3,(H,36,37). The van der Waals surface area contributed by atoms with Crippen molar-refractivity contribution in [3.8, 4) is 16.9 Å². The number of anilines is 2. The number of aromatic amines is 1. The highest BCUT2D eigenvalue weighted by Gasteiger charge is 2.49. The lowest BCUT2D eigenvalue weighted by molar-refractivity contribution is -0.138. The first-order valence-corrected chi connectivity index (χ1v) is 15.1. The number of likely N-dealkylation sites (tertiary alicyclic amines) is 1. The van der Waals surface area contributed by atoms with Crippen molar-refractivity contribution in [2.24, 2.45) is 5.41 Å². The van der Waals surface area contributed by atoms with Crippen LogP contribution in [-0.2, 0) is 4.79 Å². The van der Waals surface area contributed by atoms with Crippen LogP contribution in [0.15, 0.2) is 54.9 Å². The van der Waals surface area contributed by atoms with Crippen molar-refractivity contribution in [3.05, 3.63) is 60.4 Å². The molecule has 234 valence electrons. The fourth-order valence-corrected chi connectivity index (χ4v) is 6.67. The third kappa shape index (κ3) is 6.12. The number of rotatable bonds is 7. The zero-order chi connectivity index (χ0) is 30.9. The van der Waals surface area contributed by atoms with Gasteiger partial charge < -0.3 is 19.4 Å². The number of ether oxygens (including phenoxy) is 1. The van der Waals surface area contributed by atoms with Gasteiger partial charge in [0.25, 0.3) is 5.91 Å². The largest absolute Gasteiger partial charge is 0.496 e. The molecule has 0 bridgehead atoms. The molecule has 3 saturated heterocycles. The number of H-pyrrole nitrogens is 1. The molecule has 3 fully saturated rings. The molecule has 3 aliphatic heterocycles. The lowest BCUT2D eigenvalue weighted by atomic mass is 9.77. The van der Waals surface area contributed by atoms with E-state index in [1.54, 1.807) is 19.5 Å². The molecule has 0 atom stereocenters. The van der Waals surface area contributed by atoms with E-state index >= 15 is 0 Å². The molecule has 1 N–H and O–H groups in total. The predicted octanol–water partition coefficient (Wildman–Crippen LogP) is 4.82. The van der Waals surface area contributed by atoms with Crippen LogP contribution in [0.25, 0.3) is 11.1 Å². The number of nitrogens with one attached hydrogen (secondary N) is 1. The molecule has 6 rings (SSSR count). The molecule has 2 amide bonds. The van der Waals surface area contributed by atoms with Gasteiger partial charge in [0.05, 0.1) is 25.1 Å². The maximum absolute atomic E-state index is 13.7. The Balaban J connectivity index is 1.03. The molecule has 3 aromatic rings. The topological polar surface area (TPSA) is 85.0 Å². The molecule has 12 heteroatoms. The van der Waals surface area contributed by atoms with Crippen molar-refractivity contribution in [2.45, 2.75) is 31.9 Å². The number of piperazine rings is 1.